The van der Waals surface area contributed by atoms with Crippen LogP contribution in [0.25, 0.3) is 0 Å². The third-order valence-electron chi connectivity index (χ3n) is 2.66. The van der Waals surface area contributed by atoms with Crippen LogP contribution in [0, 0.1) is 0 Å². The van der Waals surface area contributed by atoms with Crippen LogP contribution in [-0.4, -0.2) is 21.5 Å². The van der Waals surface area contributed by atoms with Crippen LogP contribution < -0.4 is 11.1 Å². The van der Waals surface area contributed by atoms with Gasteiger partial charge in [0.25, 0.3) is 0 Å². The molecule has 5 heteroatoms. The van der Waals surface area contributed by atoms with Crippen molar-refractivity contribution in [3.8, 4) is 0 Å². The zero-order valence-corrected chi connectivity index (χ0v) is 8.81. The van der Waals surface area contributed by atoms with Crippen molar-refractivity contribution in [3.05, 3.63) is 18.2 Å². The van der Waals surface area contributed by atoms with Gasteiger partial charge in [0, 0.05) is 18.8 Å². The molecule has 0 radical (unpaired) electrons. The van der Waals surface area contributed by atoms with Crippen LogP contribution in [0.2, 0.25) is 0 Å². The molecule has 1 aromatic heterocycles. The van der Waals surface area contributed by atoms with E-state index in [4.69, 9.17) is 5.73 Å². The molecule has 1 aliphatic rings. The number of carbonyl (C=O) groups excluding carboxylic acids is 1. The number of nitrogens with two attached hydrogens (primary N) is 1. The average Bonchev–Trinajstić information content (AvgIpc) is 2.92. The van der Waals surface area contributed by atoms with Crippen LogP contribution in [0.1, 0.15) is 31.5 Å². The van der Waals surface area contributed by atoms with Crippen LogP contribution in [0.5, 0.6) is 0 Å². The van der Waals surface area contributed by atoms with E-state index in [1.807, 2.05) is 6.20 Å². The number of nitrogens with one attached hydrogen (secondary N) is 1. The lowest BCUT2D eigenvalue weighted by Gasteiger charge is -2.07. The van der Waals surface area contributed by atoms with Crippen LogP contribution in [0.4, 0.5) is 0 Å². The highest BCUT2D eigenvalue weighted by Crippen LogP contribution is 2.19. The zero-order chi connectivity index (χ0) is 10.8. The monoisotopic (exact) mass is 208 g/mol. The smallest absolute Gasteiger partial charge is 0.240 e. The topological polar surface area (TPSA) is 72.9 Å². The summed E-state index contributed by atoms with van der Waals surface area (Å²) >= 11 is 0. The number of carbonyl (C=O) groups is 1. The van der Waals surface area contributed by atoms with E-state index in [1.165, 1.54) is 12.8 Å². The van der Waals surface area contributed by atoms with Gasteiger partial charge in [-0.25, -0.2) is 4.98 Å². The standard InChI is InChI=1S/C10H16N4O/c1-7(10(11)15)14-5-9(13-6-14)4-12-8-2-3-8/h5-8,12H,2-4H2,1H3,(H2,11,15). The second-order valence-corrected chi connectivity index (χ2v) is 4.05. The Labute approximate surface area is 88.7 Å². The largest absolute Gasteiger partial charge is 0.368 e. The van der Waals surface area contributed by atoms with Gasteiger partial charge in [0.15, 0.2) is 0 Å². The zero-order valence-electron chi connectivity index (χ0n) is 8.81. The van der Waals surface area contributed by atoms with E-state index in [-0.39, 0.29) is 11.9 Å². The summed E-state index contributed by atoms with van der Waals surface area (Å²) in [5.41, 5.74) is 6.16. The third-order valence-corrected chi connectivity index (χ3v) is 2.66. The number of nitrogens with zero attached hydrogens (tertiary/aromatic N) is 2. The fourth-order valence-electron chi connectivity index (χ4n) is 1.37. The first-order valence-corrected chi connectivity index (χ1v) is 5.22. The van der Waals surface area contributed by atoms with Crippen LogP contribution in [-0.2, 0) is 11.3 Å². The molecule has 0 aromatic carbocycles. The van der Waals surface area contributed by atoms with E-state index < -0.39 is 0 Å². The van der Waals surface area contributed by atoms with Crippen molar-refractivity contribution in [1.29, 1.82) is 0 Å². The summed E-state index contributed by atoms with van der Waals surface area (Å²) in [4.78, 5) is 15.2. The van der Waals surface area contributed by atoms with Gasteiger partial charge in [-0.3, -0.25) is 4.79 Å². The highest BCUT2D eigenvalue weighted by atomic mass is 16.1. The molecule has 5 nitrogen and oxygen atoms in total. The number of rotatable bonds is 5. The minimum absolute atomic E-state index is 0.327. The molecule has 0 spiro atoms. The van der Waals surface area contributed by atoms with Crippen molar-refractivity contribution in [2.75, 3.05) is 0 Å². The van der Waals surface area contributed by atoms with Crippen molar-refractivity contribution in [2.45, 2.75) is 38.4 Å². The highest BCUT2D eigenvalue weighted by molar-refractivity contribution is 5.77. The maximum atomic E-state index is 10.9. The van der Waals surface area contributed by atoms with Gasteiger partial charge in [0.05, 0.1) is 12.0 Å². The number of aromatic nitrogens is 2. The average molecular weight is 208 g/mol. The summed E-state index contributed by atoms with van der Waals surface area (Å²) in [6.07, 6.45) is 6.04. The van der Waals surface area contributed by atoms with Crippen molar-refractivity contribution >= 4 is 5.91 Å². The Morgan fingerprint density at radius 1 is 1.80 bits per heavy atom. The fraction of sp³-hybridized carbons (Fsp3) is 0.600. The molecule has 1 fully saturated rings. The second-order valence-electron chi connectivity index (χ2n) is 4.05. The predicted molar refractivity (Wildman–Crippen MR) is 56.0 cm³/mol. The Kier molecular flexibility index (Phi) is 2.73. The normalized spacial score (nSPS) is 17.7. The number of primary amides is 1. The molecule has 0 bridgehead atoms. The lowest BCUT2D eigenvalue weighted by molar-refractivity contribution is -0.120. The van der Waals surface area contributed by atoms with Gasteiger partial charge in [-0.05, 0) is 19.8 Å². The number of hydrogen-bond donors (Lipinski definition) is 2. The molecule has 0 saturated heterocycles. The van der Waals surface area contributed by atoms with E-state index in [1.54, 1.807) is 17.8 Å². The Morgan fingerprint density at radius 3 is 3.13 bits per heavy atom. The van der Waals surface area contributed by atoms with Gasteiger partial charge in [-0.15, -0.1) is 0 Å². The van der Waals surface area contributed by atoms with E-state index in [0.29, 0.717) is 6.04 Å². The lowest BCUT2D eigenvalue weighted by atomic mass is 10.3. The summed E-state index contributed by atoms with van der Waals surface area (Å²) in [6.45, 7) is 2.53. The molecule has 15 heavy (non-hydrogen) atoms. The van der Waals surface area contributed by atoms with Crippen molar-refractivity contribution in [1.82, 2.24) is 14.9 Å². The minimum Gasteiger partial charge on any atom is -0.368 e. The van der Waals surface area contributed by atoms with Crippen molar-refractivity contribution < 1.29 is 4.79 Å². The first-order valence-electron chi connectivity index (χ1n) is 5.22. The molecule has 82 valence electrons. The van der Waals surface area contributed by atoms with E-state index >= 15 is 0 Å². The third kappa shape index (κ3) is 2.56. The van der Waals surface area contributed by atoms with Gasteiger partial charge < -0.3 is 15.6 Å². The lowest BCUT2D eigenvalue weighted by Crippen LogP contribution is -2.23. The molecule has 1 amide bonds. The maximum absolute atomic E-state index is 10.9. The molecule has 1 aliphatic carbocycles. The quantitative estimate of drug-likeness (QED) is 0.725. The molecular formula is C10H16N4O. The van der Waals surface area contributed by atoms with Crippen molar-refractivity contribution in [2.24, 2.45) is 5.73 Å². The highest BCUT2D eigenvalue weighted by Gasteiger charge is 2.20. The number of hydrogen-bond acceptors (Lipinski definition) is 3. The molecular weight excluding hydrogens is 192 g/mol. The van der Waals surface area contributed by atoms with Gasteiger partial charge >= 0.3 is 0 Å². The fourth-order valence-corrected chi connectivity index (χ4v) is 1.37. The Bertz CT molecular complexity index is 356. The van der Waals surface area contributed by atoms with Gasteiger partial charge in [-0.2, -0.15) is 0 Å². The van der Waals surface area contributed by atoms with Gasteiger partial charge in [0.2, 0.25) is 5.91 Å². The van der Waals surface area contributed by atoms with Gasteiger partial charge in [-0.1, -0.05) is 0 Å². The molecule has 1 unspecified atom stereocenters. The maximum Gasteiger partial charge on any atom is 0.240 e. The number of amides is 1. The second kappa shape index (κ2) is 4.02. The molecule has 1 atom stereocenters. The summed E-state index contributed by atoms with van der Waals surface area (Å²) in [6, 6.07) is 0.343. The van der Waals surface area contributed by atoms with E-state index in [0.717, 1.165) is 12.2 Å². The van der Waals surface area contributed by atoms with Gasteiger partial charge in [0.1, 0.15) is 6.04 Å². The molecule has 1 heterocycles. The van der Waals surface area contributed by atoms with Crippen molar-refractivity contribution in [3.63, 3.8) is 0 Å². The SMILES string of the molecule is CC(C(N)=O)n1cnc(CNC2CC2)c1. The molecule has 2 rings (SSSR count). The predicted octanol–water partition coefficient (Wildman–Crippen LogP) is 0.181. The first-order chi connectivity index (χ1) is 7.16. The van der Waals surface area contributed by atoms with E-state index in [2.05, 4.69) is 10.3 Å². The first kappa shape index (κ1) is 10.2. The molecule has 1 saturated carbocycles. The minimum atomic E-state index is -0.339. The summed E-state index contributed by atoms with van der Waals surface area (Å²) in [5.74, 6) is -0.339. The number of imidazole rings is 1. The van der Waals surface area contributed by atoms with Crippen LogP contribution >= 0.6 is 0 Å². The molecule has 0 aliphatic heterocycles. The van der Waals surface area contributed by atoms with Crippen LogP contribution in [0.3, 0.4) is 0 Å². The van der Waals surface area contributed by atoms with E-state index in [9.17, 15) is 4.79 Å². The summed E-state index contributed by atoms with van der Waals surface area (Å²) < 4.78 is 1.74. The van der Waals surface area contributed by atoms with Crippen LogP contribution in [0.15, 0.2) is 12.5 Å². The Hall–Kier alpha value is -1.36. The Balaban J connectivity index is 1.93. The molecule has 1 aromatic rings. The summed E-state index contributed by atoms with van der Waals surface area (Å²) in [7, 11) is 0. The molecule has 3 N–H and O–H groups in total. The summed E-state index contributed by atoms with van der Waals surface area (Å²) in [5, 5.41) is 3.36. The Morgan fingerprint density at radius 2 is 2.53 bits per heavy atom.